The second kappa shape index (κ2) is 4.63. The van der Waals surface area contributed by atoms with Crippen LogP contribution in [0.15, 0.2) is 22.7 Å². The lowest BCUT2D eigenvalue weighted by Gasteiger charge is -2.49. The van der Waals surface area contributed by atoms with Crippen molar-refractivity contribution in [3.63, 3.8) is 0 Å². The van der Waals surface area contributed by atoms with E-state index >= 15 is 0 Å². The maximum absolute atomic E-state index is 13.5. The van der Waals surface area contributed by atoms with Crippen molar-refractivity contribution in [2.45, 2.75) is 32.4 Å². The first-order valence-electron chi connectivity index (χ1n) is 5.76. The van der Waals surface area contributed by atoms with E-state index < -0.39 is 17.8 Å². The second-order valence-corrected chi connectivity index (χ2v) is 6.14. The fourth-order valence-corrected chi connectivity index (χ4v) is 2.42. The lowest BCUT2D eigenvalue weighted by molar-refractivity contribution is -0.0689. The molecule has 0 heterocycles. The molecule has 5 heteroatoms. The van der Waals surface area contributed by atoms with E-state index in [1.165, 1.54) is 12.1 Å². The molecule has 2 N–H and O–H groups in total. The van der Waals surface area contributed by atoms with E-state index in [1.807, 2.05) is 13.8 Å². The molecule has 18 heavy (non-hydrogen) atoms. The highest BCUT2D eigenvalue weighted by Gasteiger charge is 2.48. The SMILES string of the molecule is CC1(C)[C@H](O)C[C@H]1NC(=O)c1cc(Br)ccc1F. The molecule has 0 unspecified atom stereocenters. The van der Waals surface area contributed by atoms with Crippen LogP contribution in [0, 0.1) is 11.2 Å². The van der Waals surface area contributed by atoms with Gasteiger partial charge in [0.25, 0.3) is 5.91 Å². The first kappa shape index (κ1) is 13.5. The van der Waals surface area contributed by atoms with E-state index in [9.17, 15) is 14.3 Å². The molecule has 3 nitrogen and oxygen atoms in total. The zero-order chi connectivity index (χ0) is 13.5. The van der Waals surface area contributed by atoms with E-state index in [4.69, 9.17) is 0 Å². The van der Waals surface area contributed by atoms with Crippen molar-refractivity contribution in [1.29, 1.82) is 0 Å². The Bertz CT molecular complexity index is 490. The summed E-state index contributed by atoms with van der Waals surface area (Å²) in [7, 11) is 0. The van der Waals surface area contributed by atoms with Crippen molar-refractivity contribution < 1.29 is 14.3 Å². The molecule has 1 aromatic rings. The summed E-state index contributed by atoms with van der Waals surface area (Å²) in [5.74, 6) is -0.993. The normalized spacial score (nSPS) is 25.4. The summed E-state index contributed by atoms with van der Waals surface area (Å²) in [6.07, 6.45) is 0.0871. The average Bonchev–Trinajstić information content (AvgIpc) is 2.31. The molecule has 0 aliphatic heterocycles. The Morgan fingerprint density at radius 3 is 2.78 bits per heavy atom. The number of aliphatic hydroxyl groups excluding tert-OH is 1. The first-order valence-corrected chi connectivity index (χ1v) is 6.55. The molecule has 2 rings (SSSR count). The molecule has 1 saturated carbocycles. The predicted octanol–water partition coefficient (Wildman–Crippen LogP) is 2.48. The Morgan fingerprint density at radius 1 is 1.56 bits per heavy atom. The molecule has 2 atom stereocenters. The van der Waals surface area contributed by atoms with Gasteiger partial charge in [-0.15, -0.1) is 0 Å². The fourth-order valence-electron chi connectivity index (χ4n) is 2.05. The molecule has 0 aromatic heterocycles. The molecule has 1 aliphatic rings. The zero-order valence-corrected chi connectivity index (χ0v) is 11.8. The van der Waals surface area contributed by atoms with Gasteiger partial charge in [-0.25, -0.2) is 4.39 Å². The fraction of sp³-hybridized carbons (Fsp3) is 0.462. The van der Waals surface area contributed by atoms with Crippen LogP contribution in [-0.2, 0) is 0 Å². The summed E-state index contributed by atoms with van der Waals surface area (Å²) in [6, 6.07) is 4.12. The zero-order valence-electron chi connectivity index (χ0n) is 10.2. The topological polar surface area (TPSA) is 49.3 Å². The van der Waals surface area contributed by atoms with Crippen LogP contribution in [0.2, 0.25) is 0 Å². The highest BCUT2D eigenvalue weighted by molar-refractivity contribution is 9.10. The summed E-state index contributed by atoms with van der Waals surface area (Å²) in [4.78, 5) is 12.0. The lowest BCUT2D eigenvalue weighted by atomic mass is 9.64. The second-order valence-electron chi connectivity index (χ2n) is 5.22. The Kier molecular flexibility index (Phi) is 3.47. The van der Waals surface area contributed by atoms with Gasteiger partial charge >= 0.3 is 0 Å². The summed E-state index contributed by atoms with van der Waals surface area (Å²) >= 11 is 3.21. The summed E-state index contributed by atoms with van der Waals surface area (Å²) in [5.41, 5.74) is -0.348. The Morgan fingerprint density at radius 2 is 2.22 bits per heavy atom. The summed E-state index contributed by atoms with van der Waals surface area (Å²) < 4.78 is 14.2. The molecule has 0 spiro atoms. The van der Waals surface area contributed by atoms with Gasteiger partial charge in [0, 0.05) is 15.9 Å². The number of nitrogens with one attached hydrogen (secondary N) is 1. The molecule has 98 valence electrons. The maximum Gasteiger partial charge on any atom is 0.254 e. The summed E-state index contributed by atoms with van der Waals surface area (Å²) in [6.45, 7) is 3.76. The number of carbonyl (C=O) groups is 1. The van der Waals surface area contributed by atoms with Crippen molar-refractivity contribution >= 4 is 21.8 Å². The number of rotatable bonds is 2. The number of hydrogen-bond acceptors (Lipinski definition) is 2. The monoisotopic (exact) mass is 315 g/mol. The standard InChI is InChI=1S/C13H15BrFNO2/c1-13(2)10(6-11(13)17)16-12(18)8-5-7(14)3-4-9(8)15/h3-5,10-11,17H,6H2,1-2H3,(H,16,18)/t10-,11-/m1/s1. The molecule has 0 radical (unpaired) electrons. The molecule has 1 fully saturated rings. The minimum atomic E-state index is -0.548. The van der Waals surface area contributed by atoms with Gasteiger partial charge in [0.1, 0.15) is 5.82 Å². The smallest absolute Gasteiger partial charge is 0.254 e. The van der Waals surface area contributed by atoms with Crippen LogP contribution in [0.5, 0.6) is 0 Å². The van der Waals surface area contributed by atoms with Crippen molar-refractivity contribution in [2.24, 2.45) is 5.41 Å². The number of aliphatic hydroxyl groups is 1. The minimum Gasteiger partial charge on any atom is -0.392 e. The quantitative estimate of drug-likeness (QED) is 0.881. The number of hydrogen-bond donors (Lipinski definition) is 2. The van der Waals surface area contributed by atoms with Gasteiger partial charge in [0.05, 0.1) is 11.7 Å². The van der Waals surface area contributed by atoms with E-state index in [0.717, 1.165) is 0 Å². The Hall–Kier alpha value is -0.940. The molecule has 1 aromatic carbocycles. The summed E-state index contributed by atoms with van der Waals surface area (Å²) in [5, 5.41) is 12.4. The third-order valence-electron chi connectivity index (χ3n) is 3.69. The molecular formula is C13H15BrFNO2. The lowest BCUT2D eigenvalue weighted by Crippen LogP contribution is -2.61. The Labute approximate surface area is 114 Å². The van der Waals surface area contributed by atoms with E-state index in [2.05, 4.69) is 21.2 Å². The number of amides is 1. The van der Waals surface area contributed by atoms with E-state index in [0.29, 0.717) is 10.9 Å². The van der Waals surface area contributed by atoms with Gasteiger partial charge in [0.15, 0.2) is 0 Å². The molecule has 0 saturated heterocycles. The van der Waals surface area contributed by atoms with E-state index in [-0.39, 0.29) is 17.0 Å². The van der Waals surface area contributed by atoms with Crippen molar-refractivity contribution in [1.82, 2.24) is 5.32 Å². The van der Waals surface area contributed by atoms with Gasteiger partial charge in [-0.2, -0.15) is 0 Å². The largest absolute Gasteiger partial charge is 0.392 e. The highest BCUT2D eigenvalue weighted by Crippen LogP contribution is 2.40. The number of halogens is 2. The maximum atomic E-state index is 13.5. The van der Waals surface area contributed by atoms with Crippen LogP contribution in [0.1, 0.15) is 30.6 Å². The van der Waals surface area contributed by atoms with Gasteiger partial charge in [-0.1, -0.05) is 29.8 Å². The third kappa shape index (κ3) is 2.29. The Balaban J connectivity index is 2.12. The predicted molar refractivity (Wildman–Crippen MR) is 69.8 cm³/mol. The van der Waals surface area contributed by atoms with Crippen LogP contribution in [0.3, 0.4) is 0 Å². The third-order valence-corrected chi connectivity index (χ3v) is 4.19. The van der Waals surface area contributed by atoms with Crippen molar-refractivity contribution in [2.75, 3.05) is 0 Å². The molecule has 0 bridgehead atoms. The van der Waals surface area contributed by atoms with Crippen LogP contribution in [-0.4, -0.2) is 23.2 Å². The average molecular weight is 316 g/mol. The molecule has 1 amide bonds. The van der Waals surface area contributed by atoms with Crippen molar-refractivity contribution in [3.05, 3.63) is 34.1 Å². The van der Waals surface area contributed by atoms with Crippen LogP contribution >= 0.6 is 15.9 Å². The van der Waals surface area contributed by atoms with Gasteiger partial charge in [-0.3, -0.25) is 4.79 Å². The van der Waals surface area contributed by atoms with Gasteiger partial charge < -0.3 is 10.4 Å². The van der Waals surface area contributed by atoms with Crippen molar-refractivity contribution in [3.8, 4) is 0 Å². The minimum absolute atomic E-state index is 0.0153. The van der Waals surface area contributed by atoms with Gasteiger partial charge in [-0.05, 0) is 24.6 Å². The number of benzene rings is 1. The van der Waals surface area contributed by atoms with Gasteiger partial charge in [0.2, 0.25) is 0 Å². The van der Waals surface area contributed by atoms with Crippen LogP contribution in [0.4, 0.5) is 4.39 Å². The molecular weight excluding hydrogens is 301 g/mol. The van der Waals surface area contributed by atoms with Crippen LogP contribution in [0.25, 0.3) is 0 Å². The first-order chi connectivity index (χ1) is 8.32. The van der Waals surface area contributed by atoms with Crippen LogP contribution < -0.4 is 5.32 Å². The highest BCUT2D eigenvalue weighted by atomic mass is 79.9. The molecule has 1 aliphatic carbocycles. The van der Waals surface area contributed by atoms with E-state index in [1.54, 1.807) is 6.07 Å². The number of carbonyl (C=O) groups excluding carboxylic acids is 1.